The van der Waals surface area contributed by atoms with Crippen molar-refractivity contribution < 1.29 is 19.1 Å². The van der Waals surface area contributed by atoms with E-state index in [1.165, 1.54) is 0 Å². The number of fused-ring (bicyclic) bond motifs is 1. The second-order valence-corrected chi connectivity index (χ2v) is 8.83. The fraction of sp³-hybridized carbons (Fsp3) is 0.400. The van der Waals surface area contributed by atoms with Crippen molar-refractivity contribution in [1.82, 2.24) is 4.90 Å². The zero-order valence-electron chi connectivity index (χ0n) is 18.1. The third kappa shape index (κ3) is 5.97. The summed E-state index contributed by atoms with van der Waals surface area (Å²) in [6, 6.07) is 16.3. The average Bonchev–Trinajstić information content (AvgIpc) is 2.81. The van der Waals surface area contributed by atoms with E-state index in [9.17, 15) is 14.4 Å². The summed E-state index contributed by atoms with van der Waals surface area (Å²) in [5, 5.41) is -0.0558. The molecule has 0 radical (unpaired) electrons. The summed E-state index contributed by atoms with van der Waals surface area (Å²) in [5.41, 5.74) is 2.75. The van der Waals surface area contributed by atoms with Gasteiger partial charge in [-0.05, 0) is 17.5 Å². The van der Waals surface area contributed by atoms with E-state index in [4.69, 9.17) is 4.74 Å². The predicted octanol–water partition coefficient (Wildman–Crippen LogP) is 4.49. The molecule has 0 spiro atoms. The number of nitrogens with zero attached hydrogens (tertiary/aromatic N) is 1. The highest BCUT2D eigenvalue weighted by atomic mass is 32.2. The second kappa shape index (κ2) is 11.1. The predicted molar refractivity (Wildman–Crippen MR) is 123 cm³/mol. The van der Waals surface area contributed by atoms with Gasteiger partial charge in [-0.2, -0.15) is 0 Å². The highest BCUT2D eigenvalue weighted by Crippen LogP contribution is 2.27. The number of carbonyl (C=O) groups is 3. The van der Waals surface area contributed by atoms with Gasteiger partial charge in [0.2, 0.25) is 11.0 Å². The normalized spacial score (nSPS) is 16.3. The lowest BCUT2D eigenvalue weighted by Gasteiger charge is -2.36. The third-order valence-electron chi connectivity index (χ3n) is 5.44. The Labute approximate surface area is 188 Å². The molecule has 0 aromatic heterocycles. The molecule has 0 N–H and O–H groups in total. The Kier molecular flexibility index (Phi) is 8.29. The van der Waals surface area contributed by atoms with Crippen LogP contribution < -0.4 is 0 Å². The first kappa shape index (κ1) is 23.1. The number of amides is 1. The van der Waals surface area contributed by atoms with E-state index < -0.39 is 12.0 Å². The van der Waals surface area contributed by atoms with Gasteiger partial charge < -0.3 is 9.64 Å². The van der Waals surface area contributed by atoms with Crippen molar-refractivity contribution in [2.45, 2.75) is 45.7 Å². The molecule has 2 atom stereocenters. The van der Waals surface area contributed by atoms with Crippen molar-refractivity contribution in [1.29, 1.82) is 0 Å². The van der Waals surface area contributed by atoms with E-state index in [1.807, 2.05) is 56.3 Å². The van der Waals surface area contributed by atoms with E-state index in [1.54, 1.807) is 17.0 Å². The largest absolute Gasteiger partial charge is 0.464 e. The highest BCUT2D eigenvalue weighted by molar-refractivity contribution is 8.14. The number of hydrogen-bond donors (Lipinski definition) is 0. The van der Waals surface area contributed by atoms with Crippen LogP contribution in [0.4, 0.5) is 0 Å². The van der Waals surface area contributed by atoms with E-state index in [2.05, 4.69) is 0 Å². The van der Waals surface area contributed by atoms with Gasteiger partial charge >= 0.3 is 5.97 Å². The van der Waals surface area contributed by atoms with Crippen LogP contribution in [-0.2, 0) is 27.3 Å². The lowest BCUT2D eigenvalue weighted by molar-refractivity contribution is -0.157. The molecule has 6 heteroatoms. The maximum absolute atomic E-state index is 13.3. The minimum absolute atomic E-state index is 0.0558. The molecule has 2 aromatic carbocycles. The first-order valence-electron chi connectivity index (χ1n) is 10.8. The fourth-order valence-corrected chi connectivity index (χ4v) is 4.44. The van der Waals surface area contributed by atoms with Gasteiger partial charge in [0.1, 0.15) is 6.04 Å². The van der Waals surface area contributed by atoms with E-state index in [-0.39, 0.29) is 17.0 Å². The zero-order chi connectivity index (χ0) is 22.2. The molecular weight excluding hydrogens is 410 g/mol. The van der Waals surface area contributed by atoms with E-state index in [0.717, 1.165) is 35.7 Å². The van der Waals surface area contributed by atoms with Gasteiger partial charge in [0.25, 0.3) is 0 Å². The molecule has 0 saturated heterocycles. The Hall–Kier alpha value is -2.60. The van der Waals surface area contributed by atoms with Crippen molar-refractivity contribution in [2.24, 2.45) is 5.92 Å². The van der Waals surface area contributed by atoms with Gasteiger partial charge in [-0.25, -0.2) is 4.79 Å². The molecular formula is C25H29NO4S. The molecule has 164 valence electrons. The summed E-state index contributed by atoms with van der Waals surface area (Å²) in [5.74, 6) is -0.506. The number of unbranched alkanes of at least 4 members (excludes halogenated alkanes) is 1. The molecule has 31 heavy (non-hydrogen) atoms. The number of hydrogen-bond acceptors (Lipinski definition) is 5. The lowest BCUT2D eigenvalue weighted by atomic mass is 9.93. The number of rotatable bonds is 8. The van der Waals surface area contributed by atoms with Gasteiger partial charge in [0, 0.05) is 30.2 Å². The Morgan fingerprint density at radius 2 is 1.74 bits per heavy atom. The summed E-state index contributed by atoms with van der Waals surface area (Å²) in [4.78, 5) is 40.1. The maximum atomic E-state index is 13.3. The molecule has 0 aliphatic carbocycles. The molecule has 0 bridgehead atoms. The molecule has 5 nitrogen and oxygen atoms in total. The Bertz CT molecular complexity index is 915. The number of carbonyl (C=O) groups excluding carboxylic acids is 3. The minimum atomic E-state index is -0.628. The van der Waals surface area contributed by atoms with Gasteiger partial charge in [0.15, 0.2) is 0 Å². The molecule has 0 saturated carbocycles. The second-order valence-electron chi connectivity index (χ2n) is 7.84. The van der Waals surface area contributed by atoms with Gasteiger partial charge in [-0.3, -0.25) is 9.59 Å². The van der Waals surface area contributed by atoms with Crippen molar-refractivity contribution >= 4 is 28.8 Å². The van der Waals surface area contributed by atoms with Crippen LogP contribution >= 0.6 is 11.8 Å². The van der Waals surface area contributed by atoms with Crippen molar-refractivity contribution in [3.63, 3.8) is 0 Å². The Balaban J connectivity index is 1.69. The Morgan fingerprint density at radius 3 is 2.45 bits per heavy atom. The van der Waals surface area contributed by atoms with Crippen LogP contribution in [0.25, 0.3) is 0 Å². The number of esters is 1. The van der Waals surface area contributed by atoms with Crippen molar-refractivity contribution in [2.75, 3.05) is 12.4 Å². The molecule has 1 aliphatic heterocycles. The summed E-state index contributed by atoms with van der Waals surface area (Å²) < 4.78 is 5.46. The van der Waals surface area contributed by atoms with Crippen LogP contribution in [0.1, 0.15) is 48.2 Å². The summed E-state index contributed by atoms with van der Waals surface area (Å²) >= 11 is 1.14. The molecule has 3 rings (SSSR count). The standard InChI is InChI=1S/C25H29NO4S/c1-3-4-14-30-24(28)22-15-20-12-8-9-13-21(20)16-26(22)23(27)18(2)17-31-25(29)19-10-6-5-7-11-19/h5-13,18,22H,3-4,14-17H2,1-2H3/t18?,22-/m0/s1. The van der Waals surface area contributed by atoms with Gasteiger partial charge in [-0.15, -0.1) is 0 Å². The minimum Gasteiger partial charge on any atom is -0.464 e. The van der Waals surface area contributed by atoms with Crippen molar-refractivity contribution in [3.8, 4) is 0 Å². The first-order chi connectivity index (χ1) is 15.0. The molecule has 0 fully saturated rings. The van der Waals surface area contributed by atoms with Gasteiger partial charge in [-0.1, -0.05) is 86.6 Å². The summed E-state index contributed by atoms with van der Waals surface area (Å²) in [7, 11) is 0. The smallest absolute Gasteiger partial charge is 0.329 e. The topological polar surface area (TPSA) is 63.7 Å². The summed E-state index contributed by atoms with van der Waals surface area (Å²) in [6.45, 7) is 4.60. The summed E-state index contributed by atoms with van der Waals surface area (Å²) in [6.07, 6.45) is 2.19. The number of benzene rings is 2. The monoisotopic (exact) mass is 439 g/mol. The highest BCUT2D eigenvalue weighted by Gasteiger charge is 2.37. The molecule has 2 aromatic rings. The van der Waals surface area contributed by atoms with Crippen molar-refractivity contribution in [3.05, 3.63) is 71.3 Å². The molecule has 1 amide bonds. The van der Waals surface area contributed by atoms with E-state index >= 15 is 0 Å². The van der Waals surface area contributed by atoms with Crippen LogP contribution in [0.5, 0.6) is 0 Å². The van der Waals surface area contributed by atoms with Gasteiger partial charge in [0.05, 0.1) is 6.61 Å². The number of thioether (sulfide) groups is 1. The van der Waals surface area contributed by atoms with Crippen LogP contribution in [0.3, 0.4) is 0 Å². The molecule has 1 heterocycles. The lowest BCUT2D eigenvalue weighted by Crippen LogP contribution is -2.51. The quantitative estimate of drug-likeness (QED) is 0.448. The third-order valence-corrected chi connectivity index (χ3v) is 6.61. The Morgan fingerprint density at radius 1 is 1.06 bits per heavy atom. The zero-order valence-corrected chi connectivity index (χ0v) is 18.9. The fourth-order valence-electron chi connectivity index (χ4n) is 3.59. The molecule has 1 aliphatic rings. The SMILES string of the molecule is CCCCOC(=O)[C@@H]1Cc2ccccc2CN1C(=O)C(C)CSC(=O)c1ccccc1. The van der Waals surface area contributed by atoms with E-state index in [0.29, 0.717) is 30.9 Å². The van der Waals surface area contributed by atoms with Crippen LogP contribution in [0, 0.1) is 5.92 Å². The van der Waals surface area contributed by atoms with Crippen LogP contribution in [-0.4, -0.2) is 40.3 Å². The molecule has 1 unspecified atom stereocenters. The average molecular weight is 440 g/mol. The van der Waals surface area contributed by atoms with Crippen LogP contribution in [0.2, 0.25) is 0 Å². The number of ether oxygens (including phenoxy) is 1. The first-order valence-corrected chi connectivity index (χ1v) is 11.8. The maximum Gasteiger partial charge on any atom is 0.329 e. The van der Waals surface area contributed by atoms with Crippen LogP contribution in [0.15, 0.2) is 54.6 Å².